The van der Waals surface area contributed by atoms with Crippen molar-refractivity contribution in [2.24, 2.45) is 0 Å². The van der Waals surface area contributed by atoms with Crippen LogP contribution in [0.5, 0.6) is 0 Å². The molecule has 0 bridgehead atoms. The first-order valence-corrected chi connectivity index (χ1v) is 5.81. The molecule has 0 radical (unpaired) electrons. The Bertz CT molecular complexity index is 382. The molecule has 88 valence electrons. The van der Waals surface area contributed by atoms with E-state index < -0.39 is 0 Å². The molecule has 5 heteroatoms. The molecular weight excluding hydrogens is 247 g/mol. The zero-order chi connectivity index (χ0) is 12.1. The van der Waals surface area contributed by atoms with Gasteiger partial charge in [0.1, 0.15) is 0 Å². The van der Waals surface area contributed by atoms with E-state index in [1.54, 1.807) is 18.2 Å². The molecule has 1 atom stereocenters. The molecule has 2 N–H and O–H groups in total. The average Bonchev–Trinajstić information content (AvgIpc) is 2.23. The standard InChI is InChI=1S/C11H14Cl2N2O/c1-3-7(2)14-11(16)15-8-4-5-9(12)10(13)6-8/h4-7H,3H2,1-2H3,(H2,14,15,16)/t7-/m0/s1. The third kappa shape index (κ3) is 3.91. The monoisotopic (exact) mass is 260 g/mol. The fraction of sp³-hybridized carbons (Fsp3) is 0.364. The van der Waals surface area contributed by atoms with E-state index >= 15 is 0 Å². The molecule has 16 heavy (non-hydrogen) atoms. The number of amides is 2. The maximum absolute atomic E-state index is 11.5. The lowest BCUT2D eigenvalue weighted by Gasteiger charge is -2.12. The number of carbonyl (C=O) groups excluding carboxylic acids is 1. The van der Waals surface area contributed by atoms with Crippen LogP contribution in [0.25, 0.3) is 0 Å². The second-order valence-corrected chi connectivity index (χ2v) is 4.35. The van der Waals surface area contributed by atoms with Gasteiger partial charge in [-0.2, -0.15) is 0 Å². The lowest BCUT2D eigenvalue weighted by atomic mass is 10.3. The molecular formula is C11H14Cl2N2O. The summed E-state index contributed by atoms with van der Waals surface area (Å²) in [5.41, 5.74) is 0.621. The van der Waals surface area contributed by atoms with Gasteiger partial charge in [0.05, 0.1) is 10.0 Å². The summed E-state index contributed by atoms with van der Waals surface area (Å²) in [6.45, 7) is 3.94. The van der Waals surface area contributed by atoms with Crippen molar-refractivity contribution in [1.29, 1.82) is 0 Å². The molecule has 0 aliphatic rings. The molecule has 0 aromatic heterocycles. The molecule has 0 spiro atoms. The van der Waals surface area contributed by atoms with Gasteiger partial charge in [0.15, 0.2) is 0 Å². The van der Waals surface area contributed by atoms with Crippen LogP contribution in [0.1, 0.15) is 20.3 Å². The van der Waals surface area contributed by atoms with Crippen LogP contribution in [-0.2, 0) is 0 Å². The van der Waals surface area contributed by atoms with Gasteiger partial charge in [-0.15, -0.1) is 0 Å². The predicted octanol–water partition coefficient (Wildman–Crippen LogP) is 3.91. The third-order valence-corrected chi connectivity index (χ3v) is 2.91. The van der Waals surface area contributed by atoms with Crippen LogP contribution in [0.15, 0.2) is 18.2 Å². The predicted molar refractivity (Wildman–Crippen MR) is 68.4 cm³/mol. The van der Waals surface area contributed by atoms with Gasteiger partial charge in [-0.25, -0.2) is 4.79 Å². The third-order valence-electron chi connectivity index (χ3n) is 2.17. The Kier molecular flexibility index (Phi) is 4.90. The summed E-state index contributed by atoms with van der Waals surface area (Å²) >= 11 is 11.6. The van der Waals surface area contributed by atoms with Crippen molar-refractivity contribution in [2.75, 3.05) is 5.32 Å². The summed E-state index contributed by atoms with van der Waals surface area (Å²) in [4.78, 5) is 11.5. The molecule has 2 amide bonds. The van der Waals surface area contributed by atoms with Crippen LogP contribution in [-0.4, -0.2) is 12.1 Å². The zero-order valence-corrected chi connectivity index (χ0v) is 10.7. The fourth-order valence-corrected chi connectivity index (χ4v) is 1.37. The van der Waals surface area contributed by atoms with Gasteiger partial charge in [-0.3, -0.25) is 0 Å². The Morgan fingerprint density at radius 3 is 2.62 bits per heavy atom. The smallest absolute Gasteiger partial charge is 0.319 e. The van der Waals surface area contributed by atoms with Gasteiger partial charge in [0.25, 0.3) is 0 Å². The number of benzene rings is 1. The van der Waals surface area contributed by atoms with Gasteiger partial charge in [0, 0.05) is 11.7 Å². The number of anilines is 1. The molecule has 0 saturated heterocycles. The number of hydrogen-bond donors (Lipinski definition) is 2. The van der Waals surface area contributed by atoms with E-state index in [2.05, 4.69) is 10.6 Å². The molecule has 0 fully saturated rings. The Labute approximate surface area is 105 Å². The van der Waals surface area contributed by atoms with Gasteiger partial charge >= 0.3 is 6.03 Å². The summed E-state index contributed by atoms with van der Waals surface area (Å²) in [6.07, 6.45) is 0.884. The minimum absolute atomic E-state index is 0.141. The summed E-state index contributed by atoms with van der Waals surface area (Å²) in [7, 11) is 0. The maximum atomic E-state index is 11.5. The number of halogens is 2. The fourth-order valence-electron chi connectivity index (χ4n) is 1.07. The van der Waals surface area contributed by atoms with Crippen molar-refractivity contribution in [2.45, 2.75) is 26.3 Å². The number of urea groups is 1. The van der Waals surface area contributed by atoms with E-state index in [0.29, 0.717) is 15.7 Å². The van der Waals surface area contributed by atoms with E-state index in [0.717, 1.165) is 6.42 Å². The molecule has 0 aliphatic carbocycles. The summed E-state index contributed by atoms with van der Waals surface area (Å²) in [5.74, 6) is 0. The van der Waals surface area contributed by atoms with E-state index in [4.69, 9.17) is 23.2 Å². The van der Waals surface area contributed by atoms with E-state index in [1.807, 2.05) is 13.8 Å². The summed E-state index contributed by atoms with van der Waals surface area (Å²) in [5, 5.41) is 6.35. The molecule has 0 unspecified atom stereocenters. The first-order chi connectivity index (χ1) is 7.52. The molecule has 0 aliphatic heterocycles. The first-order valence-electron chi connectivity index (χ1n) is 5.05. The lowest BCUT2D eigenvalue weighted by molar-refractivity contribution is 0.249. The Morgan fingerprint density at radius 1 is 1.38 bits per heavy atom. The van der Waals surface area contributed by atoms with Crippen molar-refractivity contribution in [3.8, 4) is 0 Å². The van der Waals surface area contributed by atoms with Gasteiger partial charge in [-0.05, 0) is 31.5 Å². The first kappa shape index (κ1) is 13.1. The van der Waals surface area contributed by atoms with Gasteiger partial charge in [-0.1, -0.05) is 30.1 Å². The molecule has 0 heterocycles. The molecule has 1 rings (SSSR count). The Morgan fingerprint density at radius 2 is 2.06 bits per heavy atom. The average molecular weight is 261 g/mol. The quantitative estimate of drug-likeness (QED) is 0.850. The summed E-state index contributed by atoms with van der Waals surface area (Å²) < 4.78 is 0. The van der Waals surface area contributed by atoms with Crippen LogP contribution in [0.2, 0.25) is 10.0 Å². The van der Waals surface area contributed by atoms with Crippen LogP contribution in [0, 0.1) is 0 Å². The topological polar surface area (TPSA) is 41.1 Å². The minimum Gasteiger partial charge on any atom is -0.335 e. The Hall–Kier alpha value is -0.930. The number of rotatable bonds is 3. The highest BCUT2D eigenvalue weighted by Gasteiger charge is 2.06. The van der Waals surface area contributed by atoms with Gasteiger partial charge in [0.2, 0.25) is 0 Å². The highest BCUT2D eigenvalue weighted by molar-refractivity contribution is 6.42. The number of hydrogen-bond acceptors (Lipinski definition) is 1. The van der Waals surface area contributed by atoms with Crippen molar-refractivity contribution in [3.63, 3.8) is 0 Å². The van der Waals surface area contributed by atoms with E-state index in [-0.39, 0.29) is 12.1 Å². The van der Waals surface area contributed by atoms with Crippen molar-refractivity contribution in [3.05, 3.63) is 28.2 Å². The Balaban J connectivity index is 2.59. The second kappa shape index (κ2) is 5.97. The second-order valence-electron chi connectivity index (χ2n) is 3.54. The van der Waals surface area contributed by atoms with Crippen molar-refractivity contribution >= 4 is 34.9 Å². The summed E-state index contributed by atoms with van der Waals surface area (Å²) in [6, 6.07) is 4.85. The van der Waals surface area contributed by atoms with Crippen LogP contribution >= 0.6 is 23.2 Å². The highest BCUT2D eigenvalue weighted by Crippen LogP contribution is 2.24. The van der Waals surface area contributed by atoms with Crippen molar-refractivity contribution in [1.82, 2.24) is 5.32 Å². The molecule has 1 aromatic carbocycles. The van der Waals surface area contributed by atoms with Crippen LogP contribution < -0.4 is 10.6 Å². The SMILES string of the molecule is CC[C@H](C)NC(=O)Nc1ccc(Cl)c(Cl)c1. The van der Waals surface area contributed by atoms with Crippen molar-refractivity contribution < 1.29 is 4.79 Å². The van der Waals surface area contributed by atoms with Gasteiger partial charge < -0.3 is 10.6 Å². The molecule has 0 saturated carbocycles. The lowest BCUT2D eigenvalue weighted by Crippen LogP contribution is -2.35. The minimum atomic E-state index is -0.243. The number of nitrogens with one attached hydrogen (secondary N) is 2. The highest BCUT2D eigenvalue weighted by atomic mass is 35.5. The number of carbonyl (C=O) groups is 1. The van der Waals surface area contributed by atoms with Crippen LogP contribution in [0.3, 0.4) is 0 Å². The largest absolute Gasteiger partial charge is 0.335 e. The normalized spacial score (nSPS) is 12.0. The molecule has 1 aromatic rings. The maximum Gasteiger partial charge on any atom is 0.319 e. The van der Waals surface area contributed by atoms with E-state index in [1.165, 1.54) is 0 Å². The van der Waals surface area contributed by atoms with E-state index in [9.17, 15) is 4.79 Å². The zero-order valence-electron chi connectivity index (χ0n) is 9.18. The van der Waals surface area contributed by atoms with Crippen LogP contribution in [0.4, 0.5) is 10.5 Å². The molecule has 3 nitrogen and oxygen atoms in total.